The fourth-order valence-electron chi connectivity index (χ4n) is 3.70. The maximum atomic E-state index is 12.5. The molecular formula is C22H21N7OS. The predicted molar refractivity (Wildman–Crippen MR) is 119 cm³/mol. The Morgan fingerprint density at radius 1 is 1.06 bits per heavy atom. The highest BCUT2D eigenvalue weighted by molar-refractivity contribution is 7.21. The van der Waals surface area contributed by atoms with E-state index in [1.165, 1.54) is 6.33 Å². The normalized spacial score (nSPS) is 14.6. The van der Waals surface area contributed by atoms with Crippen LogP contribution in [0.3, 0.4) is 0 Å². The van der Waals surface area contributed by atoms with Crippen LogP contribution in [0.5, 0.6) is 0 Å². The van der Waals surface area contributed by atoms with E-state index in [0.717, 1.165) is 58.2 Å². The van der Waals surface area contributed by atoms with Gasteiger partial charge in [0.15, 0.2) is 5.13 Å². The number of carbonyl (C=O) groups is 1. The van der Waals surface area contributed by atoms with Crippen molar-refractivity contribution < 1.29 is 4.79 Å². The van der Waals surface area contributed by atoms with Crippen LogP contribution in [0, 0.1) is 5.92 Å². The van der Waals surface area contributed by atoms with Gasteiger partial charge in [0, 0.05) is 55.9 Å². The van der Waals surface area contributed by atoms with Crippen molar-refractivity contribution >= 4 is 32.7 Å². The number of amides is 1. The van der Waals surface area contributed by atoms with Crippen LogP contribution in [0.2, 0.25) is 0 Å². The number of fused-ring (bicyclic) bond motifs is 1. The van der Waals surface area contributed by atoms with Crippen LogP contribution in [0.15, 0.2) is 55.4 Å². The molecule has 0 unspecified atom stereocenters. The number of thiazole rings is 1. The highest BCUT2D eigenvalue weighted by Crippen LogP contribution is 2.32. The third-order valence-corrected chi connectivity index (χ3v) is 6.45. The predicted octanol–water partition coefficient (Wildman–Crippen LogP) is 3.08. The Bertz CT molecular complexity index is 1170. The van der Waals surface area contributed by atoms with Crippen molar-refractivity contribution in [1.82, 2.24) is 30.2 Å². The fraction of sp³-hybridized carbons (Fsp3) is 0.273. The standard InChI is InChI=1S/C22H21N7OS/c30-20(26-11-15-2-1-7-23-10-15)16-5-8-29(9-6-16)22-28-19-4-3-18(27-21(19)31-22)17-12-24-14-25-13-17/h1-4,7,10,12-14,16H,5-6,8-9,11H2,(H,26,30). The second kappa shape index (κ2) is 8.73. The van der Waals surface area contributed by atoms with Crippen molar-refractivity contribution in [2.24, 2.45) is 5.92 Å². The summed E-state index contributed by atoms with van der Waals surface area (Å²) in [5, 5.41) is 3.99. The molecule has 0 atom stereocenters. The van der Waals surface area contributed by atoms with E-state index in [-0.39, 0.29) is 11.8 Å². The van der Waals surface area contributed by atoms with Crippen LogP contribution >= 0.6 is 11.3 Å². The summed E-state index contributed by atoms with van der Waals surface area (Å²) in [4.78, 5) is 37.4. The number of hydrogen-bond acceptors (Lipinski definition) is 8. The van der Waals surface area contributed by atoms with Gasteiger partial charge >= 0.3 is 0 Å². The van der Waals surface area contributed by atoms with Gasteiger partial charge in [0.05, 0.1) is 5.69 Å². The maximum Gasteiger partial charge on any atom is 0.223 e. The van der Waals surface area contributed by atoms with E-state index >= 15 is 0 Å². The number of pyridine rings is 2. The van der Waals surface area contributed by atoms with Gasteiger partial charge < -0.3 is 10.2 Å². The molecule has 1 aliphatic heterocycles. The minimum Gasteiger partial charge on any atom is -0.352 e. The van der Waals surface area contributed by atoms with E-state index < -0.39 is 0 Å². The van der Waals surface area contributed by atoms with Gasteiger partial charge in [0.25, 0.3) is 0 Å². The van der Waals surface area contributed by atoms with E-state index in [9.17, 15) is 4.79 Å². The van der Waals surface area contributed by atoms with Gasteiger partial charge in [-0.2, -0.15) is 0 Å². The lowest BCUT2D eigenvalue weighted by atomic mass is 9.96. The zero-order chi connectivity index (χ0) is 21.0. The first-order valence-corrected chi connectivity index (χ1v) is 11.0. The van der Waals surface area contributed by atoms with Gasteiger partial charge in [0.1, 0.15) is 16.7 Å². The summed E-state index contributed by atoms with van der Waals surface area (Å²) in [5.41, 5.74) is 3.62. The van der Waals surface area contributed by atoms with Gasteiger partial charge in [-0.05, 0) is 36.6 Å². The first-order chi connectivity index (χ1) is 15.3. The number of carbonyl (C=O) groups excluding carboxylic acids is 1. The third kappa shape index (κ3) is 4.36. The Labute approximate surface area is 183 Å². The second-order valence-corrected chi connectivity index (χ2v) is 8.44. The number of nitrogens with one attached hydrogen (secondary N) is 1. The summed E-state index contributed by atoms with van der Waals surface area (Å²) >= 11 is 1.59. The quantitative estimate of drug-likeness (QED) is 0.519. The monoisotopic (exact) mass is 431 g/mol. The molecule has 31 heavy (non-hydrogen) atoms. The van der Waals surface area contributed by atoms with Crippen LogP contribution in [-0.2, 0) is 11.3 Å². The maximum absolute atomic E-state index is 12.5. The number of aromatic nitrogens is 5. The van der Waals surface area contributed by atoms with Gasteiger partial charge in [-0.1, -0.05) is 17.4 Å². The van der Waals surface area contributed by atoms with Crippen molar-refractivity contribution in [3.63, 3.8) is 0 Å². The van der Waals surface area contributed by atoms with E-state index in [4.69, 9.17) is 9.97 Å². The molecule has 5 rings (SSSR count). The fourth-order valence-corrected chi connectivity index (χ4v) is 4.69. The average molecular weight is 432 g/mol. The highest BCUT2D eigenvalue weighted by Gasteiger charge is 2.26. The van der Waals surface area contributed by atoms with Crippen molar-refractivity contribution in [3.8, 4) is 11.3 Å². The van der Waals surface area contributed by atoms with Gasteiger partial charge in [0.2, 0.25) is 5.91 Å². The van der Waals surface area contributed by atoms with E-state index in [1.807, 2.05) is 24.3 Å². The molecule has 0 saturated carbocycles. The Morgan fingerprint density at radius 3 is 2.68 bits per heavy atom. The van der Waals surface area contributed by atoms with Gasteiger partial charge in [-0.25, -0.2) is 19.9 Å². The molecule has 8 nitrogen and oxygen atoms in total. The van der Waals surface area contributed by atoms with E-state index in [1.54, 1.807) is 36.1 Å². The molecular weight excluding hydrogens is 410 g/mol. The summed E-state index contributed by atoms with van der Waals surface area (Å²) in [6, 6.07) is 7.78. The lowest BCUT2D eigenvalue weighted by Crippen LogP contribution is -2.40. The molecule has 0 radical (unpaired) electrons. The van der Waals surface area contributed by atoms with Crippen molar-refractivity contribution in [2.45, 2.75) is 19.4 Å². The van der Waals surface area contributed by atoms with E-state index in [2.05, 4.69) is 25.2 Å². The molecule has 0 spiro atoms. The number of nitrogens with zero attached hydrogens (tertiary/aromatic N) is 6. The summed E-state index contributed by atoms with van der Waals surface area (Å²) in [5.74, 6) is 0.147. The van der Waals surface area contributed by atoms with Crippen LogP contribution in [0.1, 0.15) is 18.4 Å². The Hall–Kier alpha value is -3.46. The smallest absolute Gasteiger partial charge is 0.223 e. The molecule has 1 aliphatic rings. The molecule has 1 N–H and O–H groups in total. The average Bonchev–Trinajstić information content (AvgIpc) is 3.27. The first-order valence-electron chi connectivity index (χ1n) is 10.2. The highest BCUT2D eigenvalue weighted by atomic mass is 32.1. The molecule has 0 aliphatic carbocycles. The molecule has 156 valence electrons. The van der Waals surface area contributed by atoms with Crippen molar-refractivity contribution in [1.29, 1.82) is 0 Å². The number of anilines is 1. The molecule has 0 bridgehead atoms. The van der Waals surface area contributed by atoms with Gasteiger partial charge in [-0.15, -0.1) is 0 Å². The molecule has 1 amide bonds. The minimum atomic E-state index is 0.0325. The molecule has 1 fully saturated rings. The largest absolute Gasteiger partial charge is 0.352 e. The lowest BCUT2D eigenvalue weighted by molar-refractivity contribution is -0.125. The first kappa shape index (κ1) is 19.5. The molecule has 5 heterocycles. The van der Waals surface area contributed by atoms with Crippen LogP contribution < -0.4 is 10.2 Å². The minimum absolute atomic E-state index is 0.0325. The third-order valence-electron chi connectivity index (χ3n) is 5.43. The Kier molecular flexibility index (Phi) is 5.49. The van der Waals surface area contributed by atoms with Gasteiger partial charge in [-0.3, -0.25) is 9.78 Å². The molecule has 1 saturated heterocycles. The van der Waals surface area contributed by atoms with Crippen molar-refractivity contribution in [3.05, 3.63) is 60.9 Å². The van der Waals surface area contributed by atoms with Crippen molar-refractivity contribution in [2.75, 3.05) is 18.0 Å². The molecule has 0 aromatic carbocycles. The Morgan fingerprint density at radius 2 is 1.90 bits per heavy atom. The summed E-state index contributed by atoms with van der Waals surface area (Å²) in [7, 11) is 0. The van der Waals surface area contributed by atoms with Crippen LogP contribution in [-0.4, -0.2) is 43.9 Å². The summed E-state index contributed by atoms with van der Waals surface area (Å²) in [6.07, 6.45) is 10.2. The van der Waals surface area contributed by atoms with Crippen LogP contribution in [0.25, 0.3) is 21.6 Å². The molecule has 4 aromatic rings. The molecule has 4 aromatic heterocycles. The zero-order valence-electron chi connectivity index (χ0n) is 16.8. The molecule has 9 heteroatoms. The summed E-state index contributed by atoms with van der Waals surface area (Å²) < 4.78 is 0. The zero-order valence-corrected chi connectivity index (χ0v) is 17.6. The SMILES string of the molecule is O=C(NCc1cccnc1)C1CCN(c2nc3ccc(-c4cncnc4)nc3s2)CC1. The van der Waals surface area contributed by atoms with E-state index in [0.29, 0.717) is 6.54 Å². The van der Waals surface area contributed by atoms with Crippen LogP contribution in [0.4, 0.5) is 5.13 Å². The number of hydrogen-bond donors (Lipinski definition) is 1. The summed E-state index contributed by atoms with van der Waals surface area (Å²) in [6.45, 7) is 2.14. The topological polar surface area (TPSA) is 96.8 Å². The second-order valence-electron chi connectivity index (χ2n) is 7.48. The number of rotatable bonds is 5. The lowest BCUT2D eigenvalue weighted by Gasteiger charge is -2.30. The number of piperidine rings is 1. The Balaban J connectivity index is 1.21.